The largest absolute Gasteiger partial charge is 0.397 e. The van der Waals surface area contributed by atoms with Crippen LogP contribution in [0.4, 0.5) is 11.4 Å². The fourth-order valence-electron chi connectivity index (χ4n) is 1.84. The second-order valence-corrected chi connectivity index (χ2v) is 4.00. The summed E-state index contributed by atoms with van der Waals surface area (Å²) >= 11 is 0. The molecule has 1 aromatic heterocycles. The van der Waals surface area contributed by atoms with E-state index < -0.39 is 0 Å². The molecule has 0 radical (unpaired) electrons. The molecule has 76 valence electrons. The van der Waals surface area contributed by atoms with Crippen LogP contribution in [-0.4, -0.2) is 11.0 Å². The van der Waals surface area contributed by atoms with Gasteiger partial charge in [0.15, 0.2) is 0 Å². The highest BCUT2D eigenvalue weighted by molar-refractivity contribution is 5.65. The molecule has 0 saturated heterocycles. The number of hydrogen-bond acceptors (Lipinski definition) is 3. The van der Waals surface area contributed by atoms with Crippen LogP contribution in [0.15, 0.2) is 18.5 Å². The maximum atomic E-state index is 5.81. The molecule has 1 heterocycles. The Morgan fingerprint density at radius 1 is 1.64 bits per heavy atom. The number of nitrogens with zero attached hydrogens (tertiary/aromatic N) is 1. The highest BCUT2D eigenvalue weighted by Gasteiger charge is 2.36. The SMILES string of the molecule is CCCC1CC1Nc1cnccc1N. The zero-order valence-electron chi connectivity index (χ0n) is 8.53. The predicted octanol–water partition coefficient (Wildman–Crippen LogP) is 2.26. The van der Waals surface area contributed by atoms with Crippen LogP contribution in [0.1, 0.15) is 26.2 Å². The second kappa shape index (κ2) is 3.86. The van der Waals surface area contributed by atoms with Crippen molar-refractivity contribution in [2.75, 3.05) is 11.1 Å². The van der Waals surface area contributed by atoms with Gasteiger partial charge in [-0.3, -0.25) is 4.98 Å². The predicted molar refractivity (Wildman–Crippen MR) is 59.1 cm³/mol. The standard InChI is InChI=1S/C11H17N3/c1-2-3-8-6-10(8)14-11-7-13-5-4-9(11)12/h4-5,7-8,10,14H,2-3,6H2,1H3,(H2,12,13). The van der Waals surface area contributed by atoms with Crippen molar-refractivity contribution in [3.05, 3.63) is 18.5 Å². The topological polar surface area (TPSA) is 50.9 Å². The molecule has 14 heavy (non-hydrogen) atoms. The van der Waals surface area contributed by atoms with E-state index in [2.05, 4.69) is 17.2 Å². The maximum Gasteiger partial charge on any atom is 0.0762 e. The lowest BCUT2D eigenvalue weighted by Gasteiger charge is -2.07. The molecule has 0 aromatic carbocycles. The Labute approximate surface area is 84.7 Å². The molecule has 1 aliphatic rings. The minimum atomic E-state index is 0.626. The monoisotopic (exact) mass is 191 g/mol. The van der Waals surface area contributed by atoms with Gasteiger partial charge in [-0.25, -0.2) is 0 Å². The van der Waals surface area contributed by atoms with Gasteiger partial charge >= 0.3 is 0 Å². The Kier molecular flexibility index (Phi) is 2.57. The number of nitrogens with two attached hydrogens (primary N) is 1. The number of hydrogen-bond donors (Lipinski definition) is 2. The molecule has 2 unspecified atom stereocenters. The summed E-state index contributed by atoms with van der Waals surface area (Å²) in [5.74, 6) is 0.847. The molecule has 3 nitrogen and oxygen atoms in total. The van der Waals surface area contributed by atoms with Crippen LogP contribution in [0, 0.1) is 5.92 Å². The van der Waals surface area contributed by atoms with Crippen molar-refractivity contribution < 1.29 is 0 Å². The van der Waals surface area contributed by atoms with Crippen molar-refractivity contribution in [2.45, 2.75) is 32.2 Å². The number of nitrogen functional groups attached to an aromatic ring is 1. The molecule has 0 bridgehead atoms. The number of rotatable bonds is 4. The van der Waals surface area contributed by atoms with Crippen molar-refractivity contribution in [3.8, 4) is 0 Å². The average Bonchev–Trinajstić information content (AvgIpc) is 2.89. The molecule has 0 aliphatic heterocycles. The maximum absolute atomic E-state index is 5.81. The zero-order chi connectivity index (χ0) is 9.97. The summed E-state index contributed by atoms with van der Waals surface area (Å²) in [5, 5.41) is 3.43. The first-order valence-electron chi connectivity index (χ1n) is 5.27. The minimum Gasteiger partial charge on any atom is -0.397 e. The van der Waals surface area contributed by atoms with Crippen molar-refractivity contribution in [1.29, 1.82) is 0 Å². The first-order chi connectivity index (χ1) is 6.81. The van der Waals surface area contributed by atoms with Crippen LogP contribution in [0.25, 0.3) is 0 Å². The van der Waals surface area contributed by atoms with Crippen molar-refractivity contribution in [2.24, 2.45) is 5.92 Å². The Bertz CT molecular complexity index is 311. The summed E-state index contributed by atoms with van der Waals surface area (Å²) in [4.78, 5) is 4.05. The van der Waals surface area contributed by atoms with E-state index in [0.29, 0.717) is 6.04 Å². The molecule has 2 rings (SSSR count). The number of pyridine rings is 1. The molecular formula is C11H17N3. The molecule has 3 N–H and O–H groups in total. The Hall–Kier alpha value is -1.25. The molecule has 1 saturated carbocycles. The highest BCUT2D eigenvalue weighted by Crippen LogP contribution is 2.37. The smallest absolute Gasteiger partial charge is 0.0762 e. The van der Waals surface area contributed by atoms with Crippen LogP contribution in [-0.2, 0) is 0 Å². The van der Waals surface area contributed by atoms with Gasteiger partial charge in [0.1, 0.15) is 0 Å². The van der Waals surface area contributed by atoms with E-state index in [9.17, 15) is 0 Å². The molecule has 1 fully saturated rings. The van der Waals surface area contributed by atoms with E-state index in [1.165, 1.54) is 19.3 Å². The van der Waals surface area contributed by atoms with Gasteiger partial charge in [0, 0.05) is 12.2 Å². The van der Waals surface area contributed by atoms with Gasteiger partial charge in [-0.05, 0) is 24.8 Å². The average molecular weight is 191 g/mol. The summed E-state index contributed by atoms with van der Waals surface area (Å²) in [6.07, 6.45) is 7.39. The molecule has 1 aliphatic carbocycles. The molecule has 0 spiro atoms. The molecule has 2 atom stereocenters. The van der Waals surface area contributed by atoms with Gasteiger partial charge in [0.25, 0.3) is 0 Å². The van der Waals surface area contributed by atoms with Crippen LogP contribution in [0.2, 0.25) is 0 Å². The number of anilines is 2. The summed E-state index contributed by atoms with van der Waals surface area (Å²) in [7, 11) is 0. The van der Waals surface area contributed by atoms with E-state index in [1.54, 1.807) is 12.4 Å². The molecule has 1 aromatic rings. The number of aromatic nitrogens is 1. The van der Waals surface area contributed by atoms with Gasteiger partial charge in [0.05, 0.1) is 17.6 Å². The van der Waals surface area contributed by atoms with Crippen molar-refractivity contribution in [3.63, 3.8) is 0 Å². The number of nitrogens with one attached hydrogen (secondary N) is 1. The van der Waals surface area contributed by atoms with Gasteiger partial charge < -0.3 is 11.1 Å². The molecule has 3 heteroatoms. The highest BCUT2D eigenvalue weighted by atomic mass is 15.0. The van der Waals surface area contributed by atoms with E-state index in [0.717, 1.165) is 17.3 Å². The van der Waals surface area contributed by atoms with E-state index in [4.69, 9.17) is 5.73 Å². The van der Waals surface area contributed by atoms with E-state index >= 15 is 0 Å². The first-order valence-corrected chi connectivity index (χ1v) is 5.27. The summed E-state index contributed by atoms with van der Waals surface area (Å²) in [6.45, 7) is 2.23. The minimum absolute atomic E-state index is 0.626. The van der Waals surface area contributed by atoms with E-state index in [-0.39, 0.29) is 0 Å². The van der Waals surface area contributed by atoms with Crippen molar-refractivity contribution in [1.82, 2.24) is 4.98 Å². The van der Waals surface area contributed by atoms with Gasteiger partial charge in [-0.15, -0.1) is 0 Å². The third kappa shape index (κ3) is 1.97. The Balaban J connectivity index is 1.90. The Morgan fingerprint density at radius 2 is 2.50 bits per heavy atom. The van der Waals surface area contributed by atoms with Crippen LogP contribution >= 0.6 is 0 Å². The van der Waals surface area contributed by atoms with Gasteiger partial charge in [-0.1, -0.05) is 13.3 Å². The molecule has 0 amide bonds. The van der Waals surface area contributed by atoms with Crippen LogP contribution in [0.3, 0.4) is 0 Å². The lowest BCUT2D eigenvalue weighted by molar-refractivity contribution is 0.693. The van der Waals surface area contributed by atoms with Crippen LogP contribution in [0.5, 0.6) is 0 Å². The first kappa shape index (κ1) is 9.31. The fraction of sp³-hybridized carbons (Fsp3) is 0.545. The zero-order valence-corrected chi connectivity index (χ0v) is 8.53. The Morgan fingerprint density at radius 3 is 3.21 bits per heavy atom. The van der Waals surface area contributed by atoms with E-state index in [1.807, 2.05) is 6.07 Å². The van der Waals surface area contributed by atoms with Crippen molar-refractivity contribution >= 4 is 11.4 Å². The van der Waals surface area contributed by atoms with Gasteiger partial charge in [0.2, 0.25) is 0 Å². The lowest BCUT2D eigenvalue weighted by atomic mass is 10.2. The summed E-state index contributed by atoms with van der Waals surface area (Å²) < 4.78 is 0. The second-order valence-electron chi connectivity index (χ2n) is 4.00. The summed E-state index contributed by atoms with van der Waals surface area (Å²) in [5.41, 5.74) is 7.59. The molecular weight excluding hydrogens is 174 g/mol. The lowest BCUT2D eigenvalue weighted by Crippen LogP contribution is -2.07. The quantitative estimate of drug-likeness (QED) is 0.767. The third-order valence-corrected chi connectivity index (χ3v) is 2.78. The normalized spacial score (nSPS) is 24.6. The summed E-state index contributed by atoms with van der Waals surface area (Å²) in [6, 6.07) is 2.46. The third-order valence-electron chi connectivity index (χ3n) is 2.78. The van der Waals surface area contributed by atoms with Gasteiger partial charge in [-0.2, -0.15) is 0 Å². The fourth-order valence-corrected chi connectivity index (χ4v) is 1.84. The van der Waals surface area contributed by atoms with Crippen LogP contribution < -0.4 is 11.1 Å².